The van der Waals surface area contributed by atoms with Crippen LogP contribution in [-0.4, -0.2) is 24.4 Å². The molecule has 0 aromatic heterocycles. The molecule has 0 fully saturated rings. The number of esters is 1. The van der Waals surface area contributed by atoms with Gasteiger partial charge in [-0.1, -0.05) is 18.2 Å². The fourth-order valence-electron chi connectivity index (χ4n) is 2.30. The highest BCUT2D eigenvalue weighted by atomic mass is 19.4. The predicted octanol–water partition coefficient (Wildman–Crippen LogP) is 3.14. The Morgan fingerprint density at radius 2 is 1.64 bits per heavy atom. The summed E-state index contributed by atoms with van der Waals surface area (Å²) in [5.74, 6) is -1.78. The monoisotopic (exact) mass is 394 g/mol. The number of benzene rings is 2. The van der Waals surface area contributed by atoms with E-state index in [1.165, 1.54) is 49.4 Å². The van der Waals surface area contributed by atoms with Crippen molar-refractivity contribution in [2.45, 2.75) is 19.6 Å². The smallest absolute Gasteiger partial charge is 0.416 e. The van der Waals surface area contributed by atoms with E-state index in [4.69, 9.17) is 4.74 Å². The Bertz CT molecular complexity index is 864. The van der Waals surface area contributed by atoms with Crippen LogP contribution in [0.15, 0.2) is 48.5 Å². The molecule has 2 N–H and O–H groups in total. The van der Waals surface area contributed by atoms with E-state index in [0.717, 1.165) is 6.07 Å². The lowest BCUT2D eigenvalue weighted by atomic mass is 10.1. The lowest BCUT2D eigenvalue weighted by molar-refractivity contribution is -0.138. The molecule has 0 aliphatic carbocycles. The Labute approximate surface area is 158 Å². The molecule has 9 heteroatoms. The molecule has 6 nitrogen and oxygen atoms in total. The van der Waals surface area contributed by atoms with Gasteiger partial charge < -0.3 is 15.4 Å². The molecule has 2 rings (SSSR count). The molecule has 0 spiro atoms. The first kappa shape index (κ1) is 20.9. The molecule has 0 saturated carbocycles. The van der Waals surface area contributed by atoms with Gasteiger partial charge >= 0.3 is 12.1 Å². The standard InChI is InChI=1S/C19H17F3N2O4/c1-12(25)24-15-8-6-13(7-9-15)18(27)28-11-17(26)23-10-14-4-2-3-5-16(14)19(20,21)22/h2-9H,10-11H2,1H3,(H,23,26)(H,24,25). The summed E-state index contributed by atoms with van der Waals surface area (Å²) < 4.78 is 43.6. The molecule has 0 heterocycles. The Hall–Kier alpha value is -3.36. The summed E-state index contributed by atoms with van der Waals surface area (Å²) in [4.78, 5) is 34.6. The third-order valence-corrected chi connectivity index (χ3v) is 3.57. The van der Waals surface area contributed by atoms with E-state index >= 15 is 0 Å². The zero-order valence-electron chi connectivity index (χ0n) is 14.8. The number of alkyl halides is 3. The molecule has 0 radical (unpaired) electrons. The molecular formula is C19H17F3N2O4. The number of carbonyl (C=O) groups excluding carboxylic acids is 3. The summed E-state index contributed by atoms with van der Waals surface area (Å²) in [6.45, 7) is 0.353. The number of anilines is 1. The van der Waals surface area contributed by atoms with Crippen molar-refractivity contribution in [3.8, 4) is 0 Å². The van der Waals surface area contributed by atoms with Crippen molar-refractivity contribution in [3.05, 3.63) is 65.2 Å². The maximum atomic E-state index is 12.9. The molecule has 0 aliphatic heterocycles. The van der Waals surface area contributed by atoms with Gasteiger partial charge in [-0.15, -0.1) is 0 Å². The topological polar surface area (TPSA) is 84.5 Å². The van der Waals surface area contributed by atoms with Crippen molar-refractivity contribution in [2.24, 2.45) is 0 Å². The molecule has 2 aromatic rings. The van der Waals surface area contributed by atoms with Crippen molar-refractivity contribution in [2.75, 3.05) is 11.9 Å². The molecular weight excluding hydrogens is 377 g/mol. The largest absolute Gasteiger partial charge is 0.452 e. The van der Waals surface area contributed by atoms with Gasteiger partial charge in [0, 0.05) is 19.2 Å². The van der Waals surface area contributed by atoms with Crippen molar-refractivity contribution in [1.82, 2.24) is 5.32 Å². The van der Waals surface area contributed by atoms with Gasteiger partial charge in [-0.3, -0.25) is 9.59 Å². The second kappa shape index (κ2) is 9.03. The van der Waals surface area contributed by atoms with Gasteiger partial charge in [-0.25, -0.2) is 4.79 Å². The molecule has 2 aromatic carbocycles. The number of nitrogens with one attached hydrogen (secondary N) is 2. The number of ether oxygens (including phenoxy) is 1. The fraction of sp³-hybridized carbons (Fsp3) is 0.211. The van der Waals surface area contributed by atoms with E-state index in [2.05, 4.69) is 10.6 Å². The van der Waals surface area contributed by atoms with Gasteiger partial charge in [-0.05, 0) is 35.9 Å². The normalized spacial score (nSPS) is 10.9. The maximum Gasteiger partial charge on any atom is 0.416 e. The van der Waals surface area contributed by atoms with Crippen LogP contribution < -0.4 is 10.6 Å². The summed E-state index contributed by atoms with van der Waals surface area (Å²) >= 11 is 0. The number of amides is 2. The molecule has 0 unspecified atom stereocenters. The lowest BCUT2D eigenvalue weighted by Gasteiger charge is -2.13. The van der Waals surface area contributed by atoms with Crippen LogP contribution in [-0.2, 0) is 27.0 Å². The molecule has 0 bridgehead atoms. The van der Waals surface area contributed by atoms with E-state index < -0.39 is 30.2 Å². The molecule has 2 amide bonds. The Morgan fingerprint density at radius 3 is 2.25 bits per heavy atom. The summed E-state index contributed by atoms with van der Waals surface area (Å²) in [7, 11) is 0. The van der Waals surface area contributed by atoms with Crippen LogP contribution >= 0.6 is 0 Å². The van der Waals surface area contributed by atoms with Crippen molar-refractivity contribution in [3.63, 3.8) is 0 Å². The van der Waals surface area contributed by atoms with Crippen LogP contribution in [0.25, 0.3) is 0 Å². The zero-order valence-corrected chi connectivity index (χ0v) is 14.8. The molecule has 0 aliphatic rings. The zero-order chi connectivity index (χ0) is 20.7. The number of carbonyl (C=O) groups is 3. The minimum absolute atomic E-state index is 0.0942. The van der Waals surface area contributed by atoms with Crippen molar-refractivity contribution >= 4 is 23.5 Å². The summed E-state index contributed by atoms with van der Waals surface area (Å²) in [5, 5.41) is 4.82. The van der Waals surface area contributed by atoms with Gasteiger partial charge in [0.05, 0.1) is 11.1 Å². The first-order chi connectivity index (χ1) is 13.2. The van der Waals surface area contributed by atoms with Crippen molar-refractivity contribution < 1.29 is 32.3 Å². The summed E-state index contributed by atoms with van der Waals surface area (Å²) in [5.41, 5.74) is -0.288. The van der Waals surface area contributed by atoms with Crippen LogP contribution in [0.4, 0.5) is 18.9 Å². The van der Waals surface area contributed by atoms with Gasteiger partial charge in [0.2, 0.25) is 5.91 Å². The molecule has 0 atom stereocenters. The third kappa shape index (κ3) is 6.11. The van der Waals surface area contributed by atoms with Crippen LogP contribution in [0.3, 0.4) is 0 Å². The minimum atomic E-state index is -4.53. The van der Waals surface area contributed by atoms with Gasteiger partial charge in [0.15, 0.2) is 6.61 Å². The Morgan fingerprint density at radius 1 is 1.00 bits per heavy atom. The quantitative estimate of drug-likeness (QED) is 0.738. The van der Waals surface area contributed by atoms with E-state index in [9.17, 15) is 27.6 Å². The third-order valence-electron chi connectivity index (χ3n) is 3.57. The fourth-order valence-corrected chi connectivity index (χ4v) is 2.30. The predicted molar refractivity (Wildman–Crippen MR) is 94.3 cm³/mol. The lowest BCUT2D eigenvalue weighted by Crippen LogP contribution is -2.29. The number of hydrogen-bond donors (Lipinski definition) is 2. The minimum Gasteiger partial charge on any atom is -0.452 e. The van der Waals surface area contributed by atoms with Crippen LogP contribution in [0.2, 0.25) is 0 Å². The number of halogens is 3. The highest BCUT2D eigenvalue weighted by Gasteiger charge is 2.32. The van der Waals surface area contributed by atoms with Gasteiger partial charge in [0.25, 0.3) is 5.91 Å². The van der Waals surface area contributed by atoms with E-state index in [1.807, 2.05) is 0 Å². The molecule has 0 saturated heterocycles. The number of hydrogen-bond acceptors (Lipinski definition) is 4. The van der Waals surface area contributed by atoms with Crippen molar-refractivity contribution in [1.29, 1.82) is 0 Å². The number of rotatable bonds is 6. The molecule has 148 valence electrons. The Balaban J connectivity index is 1.86. The second-order valence-electron chi connectivity index (χ2n) is 5.77. The van der Waals surface area contributed by atoms with Crippen LogP contribution in [0, 0.1) is 0 Å². The van der Waals surface area contributed by atoms with Gasteiger partial charge in [-0.2, -0.15) is 13.2 Å². The average Bonchev–Trinajstić information content (AvgIpc) is 2.64. The Kier molecular flexibility index (Phi) is 6.75. The summed E-state index contributed by atoms with van der Waals surface area (Å²) in [6.07, 6.45) is -4.53. The van der Waals surface area contributed by atoms with E-state index in [1.54, 1.807) is 0 Å². The first-order valence-electron chi connectivity index (χ1n) is 8.13. The van der Waals surface area contributed by atoms with Crippen LogP contribution in [0.1, 0.15) is 28.4 Å². The van der Waals surface area contributed by atoms with E-state index in [-0.39, 0.29) is 23.6 Å². The average molecular weight is 394 g/mol. The van der Waals surface area contributed by atoms with Gasteiger partial charge in [0.1, 0.15) is 0 Å². The van der Waals surface area contributed by atoms with Crippen LogP contribution in [0.5, 0.6) is 0 Å². The second-order valence-corrected chi connectivity index (χ2v) is 5.77. The maximum absolute atomic E-state index is 12.9. The molecule has 28 heavy (non-hydrogen) atoms. The SMILES string of the molecule is CC(=O)Nc1ccc(C(=O)OCC(=O)NCc2ccccc2C(F)(F)F)cc1. The highest BCUT2D eigenvalue weighted by Crippen LogP contribution is 2.31. The summed E-state index contributed by atoms with van der Waals surface area (Å²) in [6, 6.07) is 10.7. The first-order valence-corrected chi connectivity index (χ1v) is 8.13. The highest BCUT2D eigenvalue weighted by molar-refractivity contribution is 5.93. The van der Waals surface area contributed by atoms with E-state index in [0.29, 0.717) is 5.69 Å².